The Balaban J connectivity index is 2.54. The van der Waals surface area contributed by atoms with Gasteiger partial charge in [-0.1, -0.05) is 0 Å². The van der Waals surface area contributed by atoms with Gasteiger partial charge in [-0.25, -0.2) is 4.79 Å². The molecule has 1 saturated heterocycles. The first-order valence-electron chi connectivity index (χ1n) is 3.32. The zero-order chi connectivity index (χ0) is 8.43. The number of carbonyl (C=O) groups is 1. The second-order valence-corrected chi connectivity index (χ2v) is 2.49. The predicted octanol–water partition coefficient (Wildman–Crippen LogP) is -1.98. The second kappa shape index (κ2) is 3.17. The number of cyclic esters (lactones) is 1. The van der Waals surface area contributed by atoms with Gasteiger partial charge < -0.3 is 20.1 Å². The third-order valence-electron chi connectivity index (χ3n) is 1.60. The molecule has 3 atom stereocenters. The first-order valence-corrected chi connectivity index (χ1v) is 3.32. The predicted molar refractivity (Wildman–Crippen MR) is 33.6 cm³/mol. The van der Waals surface area contributed by atoms with Crippen LogP contribution in [0.15, 0.2) is 0 Å². The molecule has 0 aromatic carbocycles. The second-order valence-electron chi connectivity index (χ2n) is 2.49. The van der Waals surface area contributed by atoms with Crippen LogP contribution in [-0.4, -0.2) is 46.2 Å². The van der Waals surface area contributed by atoms with E-state index in [-0.39, 0.29) is 13.0 Å². The van der Waals surface area contributed by atoms with Gasteiger partial charge in [0.1, 0.15) is 6.10 Å². The topological polar surface area (TPSA) is 87.0 Å². The van der Waals surface area contributed by atoms with E-state index in [1.807, 2.05) is 0 Å². The molecule has 1 aliphatic rings. The summed E-state index contributed by atoms with van der Waals surface area (Å²) < 4.78 is 4.52. The molecule has 0 aliphatic carbocycles. The molecule has 5 nitrogen and oxygen atoms in total. The largest absolute Gasteiger partial charge is 0.458 e. The van der Waals surface area contributed by atoms with Crippen molar-refractivity contribution in [3.8, 4) is 0 Å². The Hall–Kier alpha value is -0.650. The average Bonchev–Trinajstić information content (AvgIpc) is 1.99. The molecule has 64 valence electrons. The van der Waals surface area contributed by atoms with Gasteiger partial charge in [0.05, 0.1) is 12.7 Å². The Bertz CT molecular complexity index is 157. The van der Waals surface area contributed by atoms with Crippen molar-refractivity contribution in [1.29, 1.82) is 0 Å². The van der Waals surface area contributed by atoms with Crippen molar-refractivity contribution in [2.45, 2.75) is 24.7 Å². The lowest BCUT2D eigenvalue weighted by Gasteiger charge is -2.27. The Labute approximate surface area is 63.2 Å². The molecule has 3 N–H and O–H groups in total. The first-order chi connectivity index (χ1) is 5.15. The fourth-order valence-corrected chi connectivity index (χ4v) is 0.949. The summed E-state index contributed by atoms with van der Waals surface area (Å²) in [5.41, 5.74) is 0. The van der Waals surface area contributed by atoms with Crippen molar-refractivity contribution < 1.29 is 24.9 Å². The minimum atomic E-state index is -1.46. The number of rotatable bonds is 1. The summed E-state index contributed by atoms with van der Waals surface area (Å²) in [7, 11) is 0. The average molecular weight is 162 g/mol. The first kappa shape index (κ1) is 8.45. The van der Waals surface area contributed by atoms with Crippen molar-refractivity contribution in [3.63, 3.8) is 0 Å². The number of hydrogen-bond acceptors (Lipinski definition) is 5. The molecular formula is C6H10O5. The maximum absolute atomic E-state index is 10.6. The minimum Gasteiger partial charge on any atom is -0.458 e. The molecule has 0 unspecified atom stereocenters. The monoisotopic (exact) mass is 162 g/mol. The molecule has 0 aromatic heterocycles. The van der Waals surface area contributed by atoms with Crippen molar-refractivity contribution in [1.82, 2.24) is 0 Å². The highest BCUT2D eigenvalue weighted by atomic mass is 16.6. The van der Waals surface area contributed by atoms with Gasteiger partial charge in [0.2, 0.25) is 0 Å². The van der Waals surface area contributed by atoms with E-state index in [0.29, 0.717) is 0 Å². The maximum Gasteiger partial charge on any atom is 0.338 e. The molecule has 11 heavy (non-hydrogen) atoms. The van der Waals surface area contributed by atoms with E-state index in [4.69, 9.17) is 15.3 Å². The zero-order valence-corrected chi connectivity index (χ0v) is 5.80. The standard InChI is InChI=1S/C6H10O5/c7-2-3-1-4(8)5(9)6(10)11-3/h3-5,7-9H,1-2H2/t3-,4+,5+/m0/s1. The van der Waals surface area contributed by atoms with Crippen LogP contribution in [0.1, 0.15) is 6.42 Å². The normalized spacial score (nSPS) is 38.5. The molecule has 0 radical (unpaired) electrons. The van der Waals surface area contributed by atoms with E-state index < -0.39 is 24.3 Å². The summed E-state index contributed by atoms with van der Waals surface area (Å²) in [6, 6.07) is 0. The van der Waals surface area contributed by atoms with E-state index in [1.165, 1.54) is 0 Å². The number of esters is 1. The Kier molecular flexibility index (Phi) is 2.43. The number of aliphatic hydroxyl groups excluding tert-OH is 3. The number of ether oxygens (including phenoxy) is 1. The molecule has 0 bridgehead atoms. The van der Waals surface area contributed by atoms with E-state index in [0.717, 1.165) is 0 Å². The van der Waals surface area contributed by atoms with Gasteiger partial charge in [-0.05, 0) is 0 Å². The zero-order valence-electron chi connectivity index (χ0n) is 5.80. The van der Waals surface area contributed by atoms with Crippen molar-refractivity contribution >= 4 is 5.97 Å². The van der Waals surface area contributed by atoms with E-state index in [9.17, 15) is 4.79 Å². The SMILES string of the molecule is O=C1O[C@H](CO)C[C@@H](O)[C@H]1O. The third kappa shape index (κ3) is 1.68. The lowest BCUT2D eigenvalue weighted by atomic mass is 10.0. The van der Waals surface area contributed by atoms with E-state index in [1.54, 1.807) is 0 Å². The smallest absolute Gasteiger partial charge is 0.338 e. The van der Waals surface area contributed by atoms with Crippen LogP contribution < -0.4 is 0 Å². The molecule has 1 rings (SSSR count). The fourth-order valence-electron chi connectivity index (χ4n) is 0.949. The van der Waals surface area contributed by atoms with Crippen LogP contribution in [0.3, 0.4) is 0 Å². The van der Waals surface area contributed by atoms with Gasteiger partial charge in [-0.3, -0.25) is 0 Å². The van der Waals surface area contributed by atoms with Crippen molar-refractivity contribution in [2.75, 3.05) is 6.61 Å². The van der Waals surface area contributed by atoms with Gasteiger partial charge in [-0.2, -0.15) is 0 Å². The van der Waals surface area contributed by atoms with Gasteiger partial charge in [0.25, 0.3) is 0 Å². The summed E-state index contributed by atoms with van der Waals surface area (Å²) in [6.07, 6.45) is -3.17. The molecule has 0 amide bonds. The lowest BCUT2D eigenvalue weighted by molar-refractivity contribution is -0.181. The van der Waals surface area contributed by atoms with Gasteiger partial charge in [0, 0.05) is 6.42 Å². The Morgan fingerprint density at radius 1 is 1.55 bits per heavy atom. The van der Waals surface area contributed by atoms with Crippen molar-refractivity contribution in [2.24, 2.45) is 0 Å². The van der Waals surface area contributed by atoms with Gasteiger partial charge in [0.15, 0.2) is 6.10 Å². The summed E-state index contributed by atoms with van der Waals surface area (Å²) in [5, 5.41) is 26.4. The highest BCUT2D eigenvalue weighted by molar-refractivity contribution is 5.76. The quantitative estimate of drug-likeness (QED) is 0.389. The lowest BCUT2D eigenvalue weighted by Crippen LogP contribution is -2.46. The minimum absolute atomic E-state index is 0.0867. The van der Waals surface area contributed by atoms with Crippen LogP contribution in [0.4, 0.5) is 0 Å². The summed E-state index contributed by atoms with van der Waals surface area (Å²) in [5.74, 6) is -0.872. The Morgan fingerprint density at radius 2 is 2.18 bits per heavy atom. The van der Waals surface area contributed by atoms with E-state index in [2.05, 4.69) is 4.74 Å². The molecule has 1 fully saturated rings. The molecule has 5 heteroatoms. The molecule has 1 heterocycles. The molecular weight excluding hydrogens is 152 g/mol. The molecule has 0 saturated carbocycles. The van der Waals surface area contributed by atoms with Gasteiger partial charge in [-0.15, -0.1) is 0 Å². The third-order valence-corrected chi connectivity index (χ3v) is 1.60. The maximum atomic E-state index is 10.6. The number of hydrogen-bond donors (Lipinski definition) is 3. The van der Waals surface area contributed by atoms with Crippen LogP contribution >= 0.6 is 0 Å². The van der Waals surface area contributed by atoms with Crippen LogP contribution in [0.25, 0.3) is 0 Å². The Morgan fingerprint density at radius 3 is 2.64 bits per heavy atom. The van der Waals surface area contributed by atoms with Crippen LogP contribution in [0.2, 0.25) is 0 Å². The molecule has 0 spiro atoms. The van der Waals surface area contributed by atoms with Crippen LogP contribution in [0, 0.1) is 0 Å². The summed E-state index contributed by atoms with van der Waals surface area (Å²) in [4.78, 5) is 10.6. The number of aliphatic hydroxyl groups is 3. The summed E-state index contributed by atoms with van der Waals surface area (Å²) in [6.45, 7) is -0.324. The van der Waals surface area contributed by atoms with Gasteiger partial charge >= 0.3 is 5.97 Å². The van der Waals surface area contributed by atoms with Crippen LogP contribution in [-0.2, 0) is 9.53 Å². The highest BCUT2D eigenvalue weighted by Gasteiger charge is 2.35. The van der Waals surface area contributed by atoms with E-state index >= 15 is 0 Å². The van der Waals surface area contributed by atoms with Crippen molar-refractivity contribution in [3.05, 3.63) is 0 Å². The summed E-state index contributed by atoms with van der Waals surface area (Å²) >= 11 is 0. The van der Waals surface area contributed by atoms with Crippen LogP contribution in [0.5, 0.6) is 0 Å². The number of carbonyl (C=O) groups excluding carboxylic acids is 1. The highest BCUT2D eigenvalue weighted by Crippen LogP contribution is 2.14. The fraction of sp³-hybridized carbons (Fsp3) is 0.833. The molecule has 1 aliphatic heterocycles. The molecule has 0 aromatic rings.